The third-order valence-electron chi connectivity index (χ3n) is 2.96. The summed E-state index contributed by atoms with van der Waals surface area (Å²) < 4.78 is 12.9. The van der Waals surface area contributed by atoms with Crippen LogP contribution in [0, 0.1) is 5.82 Å². The minimum atomic E-state index is -0.484. The van der Waals surface area contributed by atoms with Gasteiger partial charge in [-0.15, -0.1) is 0 Å². The van der Waals surface area contributed by atoms with Crippen molar-refractivity contribution in [1.82, 2.24) is 10.3 Å². The zero-order chi connectivity index (χ0) is 12.3. The molecule has 0 unspecified atom stereocenters. The van der Waals surface area contributed by atoms with E-state index in [2.05, 4.69) is 26.2 Å². The molecule has 1 heterocycles. The predicted molar refractivity (Wildman–Crippen MR) is 66.6 cm³/mol. The number of hydrogen-bond donors (Lipinski definition) is 1. The Labute approximate surface area is 108 Å². The van der Waals surface area contributed by atoms with Crippen molar-refractivity contribution in [2.24, 2.45) is 0 Å². The fraction of sp³-hybridized carbons (Fsp3) is 0.500. The van der Waals surface area contributed by atoms with Crippen LogP contribution in [0.3, 0.4) is 0 Å². The lowest BCUT2D eigenvalue weighted by Gasteiger charge is -2.25. The van der Waals surface area contributed by atoms with Crippen LogP contribution in [0.4, 0.5) is 4.39 Å². The van der Waals surface area contributed by atoms with Crippen LogP contribution in [0.15, 0.2) is 18.5 Å². The summed E-state index contributed by atoms with van der Waals surface area (Å²) in [4.78, 5) is 16.0. The van der Waals surface area contributed by atoms with Crippen molar-refractivity contribution in [2.75, 3.05) is 0 Å². The Morgan fingerprint density at radius 1 is 1.35 bits per heavy atom. The largest absolute Gasteiger partial charge is 0.349 e. The summed E-state index contributed by atoms with van der Waals surface area (Å²) in [5.41, 5.74) is 0.283. The van der Waals surface area contributed by atoms with E-state index in [9.17, 15) is 9.18 Å². The van der Waals surface area contributed by atoms with E-state index >= 15 is 0 Å². The number of carbonyl (C=O) groups excluding carboxylic acids is 1. The Balaban J connectivity index is 1.93. The summed E-state index contributed by atoms with van der Waals surface area (Å²) >= 11 is 3.56. The van der Waals surface area contributed by atoms with E-state index in [1.165, 1.54) is 12.3 Å². The van der Waals surface area contributed by atoms with Crippen LogP contribution in [-0.4, -0.2) is 21.8 Å². The Morgan fingerprint density at radius 3 is 2.71 bits per heavy atom. The number of pyridine rings is 1. The topological polar surface area (TPSA) is 42.0 Å². The van der Waals surface area contributed by atoms with Crippen LogP contribution in [-0.2, 0) is 0 Å². The third kappa shape index (κ3) is 3.49. The van der Waals surface area contributed by atoms with Gasteiger partial charge in [0.1, 0.15) is 5.82 Å². The van der Waals surface area contributed by atoms with Crippen molar-refractivity contribution >= 4 is 21.8 Å². The molecule has 17 heavy (non-hydrogen) atoms. The van der Waals surface area contributed by atoms with Crippen molar-refractivity contribution in [2.45, 2.75) is 36.6 Å². The third-order valence-corrected chi connectivity index (χ3v) is 3.87. The molecule has 5 heteroatoms. The number of aromatic nitrogens is 1. The van der Waals surface area contributed by atoms with Crippen molar-refractivity contribution in [3.63, 3.8) is 0 Å². The molecule has 3 nitrogen and oxygen atoms in total. The van der Waals surface area contributed by atoms with Crippen LogP contribution in [0.1, 0.15) is 36.0 Å². The number of rotatable bonds is 2. The van der Waals surface area contributed by atoms with Gasteiger partial charge < -0.3 is 5.32 Å². The molecule has 0 radical (unpaired) electrons. The minimum absolute atomic E-state index is 0.194. The molecule has 0 bridgehead atoms. The zero-order valence-corrected chi connectivity index (χ0v) is 10.9. The maximum atomic E-state index is 12.9. The van der Waals surface area contributed by atoms with Crippen molar-refractivity contribution in [3.8, 4) is 0 Å². The van der Waals surface area contributed by atoms with Gasteiger partial charge in [-0.3, -0.25) is 9.78 Å². The highest BCUT2D eigenvalue weighted by atomic mass is 79.9. The molecular weight excluding hydrogens is 287 g/mol. The van der Waals surface area contributed by atoms with Crippen LogP contribution in [0.5, 0.6) is 0 Å². The van der Waals surface area contributed by atoms with E-state index in [0.29, 0.717) is 4.83 Å². The molecule has 0 aromatic carbocycles. The summed E-state index contributed by atoms with van der Waals surface area (Å²) in [6.07, 6.45) is 6.52. The SMILES string of the molecule is O=C(NC1CCC(Br)CC1)c1cncc(F)c1. The highest BCUT2D eigenvalue weighted by Crippen LogP contribution is 2.24. The molecule has 92 valence electrons. The number of carbonyl (C=O) groups is 1. The molecular formula is C12H14BrFN2O. The van der Waals surface area contributed by atoms with Crippen LogP contribution in [0.25, 0.3) is 0 Å². The van der Waals surface area contributed by atoms with Crippen LogP contribution >= 0.6 is 15.9 Å². The minimum Gasteiger partial charge on any atom is -0.349 e. The summed E-state index contributed by atoms with van der Waals surface area (Å²) in [6, 6.07) is 1.40. The van der Waals surface area contributed by atoms with Gasteiger partial charge >= 0.3 is 0 Å². The summed E-state index contributed by atoms with van der Waals surface area (Å²) in [7, 11) is 0. The molecule has 1 aliphatic carbocycles. The second kappa shape index (κ2) is 5.58. The normalized spacial score (nSPS) is 24.4. The first-order chi connectivity index (χ1) is 8.15. The molecule has 0 aliphatic heterocycles. The Morgan fingerprint density at radius 2 is 2.06 bits per heavy atom. The van der Waals surface area contributed by atoms with Gasteiger partial charge in [0, 0.05) is 17.1 Å². The highest BCUT2D eigenvalue weighted by molar-refractivity contribution is 9.09. The lowest BCUT2D eigenvalue weighted by atomic mass is 9.95. The second-order valence-corrected chi connectivity index (χ2v) is 5.61. The van der Waals surface area contributed by atoms with Gasteiger partial charge in [-0.05, 0) is 31.7 Å². The number of hydrogen-bond acceptors (Lipinski definition) is 2. The van der Waals surface area contributed by atoms with E-state index in [1.807, 2.05) is 0 Å². The molecule has 1 fully saturated rings. The van der Waals surface area contributed by atoms with E-state index in [-0.39, 0.29) is 17.5 Å². The Hall–Kier alpha value is -0.970. The molecule has 0 atom stereocenters. The first-order valence-corrected chi connectivity index (χ1v) is 6.62. The number of nitrogens with zero attached hydrogens (tertiary/aromatic N) is 1. The highest BCUT2D eigenvalue weighted by Gasteiger charge is 2.21. The standard InChI is InChI=1S/C12H14BrFN2O/c13-9-1-3-11(4-2-9)16-12(17)8-5-10(14)7-15-6-8/h5-7,9,11H,1-4H2,(H,16,17). The second-order valence-electron chi connectivity index (χ2n) is 4.31. The maximum Gasteiger partial charge on any atom is 0.253 e. The first kappa shape index (κ1) is 12.5. The predicted octanol–water partition coefficient (Wildman–Crippen LogP) is 2.66. The van der Waals surface area contributed by atoms with E-state index in [4.69, 9.17) is 0 Å². The average molecular weight is 301 g/mol. The maximum absolute atomic E-state index is 12.9. The monoisotopic (exact) mass is 300 g/mol. The number of amides is 1. The summed E-state index contributed by atoms with van der Waals surface area (Å²) in [6.45, 7) is 0. The molecule has 1 amide bonds. The zero-order valence-electron chi connectivity index (χ0n) is 9.33. The van der Waals surface area contributed by atoms with Gasteiger partial charge in [0.25, 0.3) is 5.91 Å². The fourth-order valence-corrected chi connectivity index (χ4v) is 2.53. The molecule has 2 rings (SSSR count). The molecule has 1 aromatic rings. The first-order valence-electron chi connectivity index (χ1n) is 5.70. The lowest BCUT2D eigenvalue weighted by molar-refractivity contribution is 0.0927. The summed E-state index contributed by atoms with van der Waals surface area (Å²) in [5, 5.41) is 2.92. The van der Waals surface area contributed by atoms with Gasteiger partial charge in [-0.25, -0.2) is 4.39 Å². The number of alkyl halides is 1. The van der Waals surface area contributed by atoms with Gasteiger partial charge in [0.2, 0.25) is 0 Å². The average Bonchev–Trinajstić information content (AvgIpc) is 2.32. The van der Waals surface area contributed by atoms with E-state index in [1.54, 1.807) is 0 Å². The summed E-state index contributed by atoms with van der Waals surface area (Å²) in [5.74, 6) is -0.725. The van der Waals surface area contributed by atoms with Gasteiger partial charge in [-0.1, -0.05) is 15.9 Å². The smallest absolute Gasteiger partial charge is 0.253 e. The van der Waals surface area contributed by atoms with E-state index < -0.39 is 5.82 Å². The van der Waals surface area contributed by atoms with Crippen LogP contribution in [0.2, 0.25) is 0 Å². The van der Waals surface area contributed by atoms with Crippen molar-refractivity contribution in [1.29, 1.82) is 0 Å². The molecule has 0 saturated heterocycles. The van der Waals surface area contributed by atoms with Gasteiger partial charge in [0.15, 0.2) is 0 Å². The Bertz CT molecular complexity index is 405. The quantitative estimate of drug-likeness (QED) is 0.853. The fourth-order valence-electron chi connectivity index (χ4n) is 2.00. The van der Waals surface area contributed by atoms with Crippen molar-refractivity contribution in [3.05, 3.63) is 29.8 Å². The number of halogens is 2. The molecule has 1 aromatic heterocycles. The van der Waals surface area contributed by atoms with Gasteiger partial charge in [-0.2, -0.15) is 0 Å². The molecule has 1 N–H and O–H groups in total. The molecule has 1 saturated carbocycles. The molecule has 0 spiro atoms. The lowest BCUT2D eigenvalue weighted by Crippen LogP contribution is -2.37. The van der Waals surface area contributed by atoms with Crippen molar-refractivity contribution < 1.29 is 9.18 Å². The number of nitrogens with one attached hydrogen (secondary N) is 1. The Kier molecular flexibility index (Phi) is 4.10. The van der Waals surface area contributed by atoms with Crippen LogP contribution < -0.4 is 5.32 Å². The molecule has 1 aliphatic rings. The van der Waals surface area contributed by atoms with E-state index in [0.717, 1.165) is 31.9 Å². The van der Waals surface area contributed by atoms with Gasteiger partial charge in [0.05, 0.1) is 11.8 Å².